The van der Waals surface area contributed by atoms with Gasteiger partial charge in [-0.25, -0.2) is 4.39 Å². The Kier molecular flexibility index (Phi) is 2.69. The van der Waals surface area contributed by atoms with Crippen molar-refractivity contribution in [1.82, 2.24) is 0 Å². The predicted octanol–water partition coefficient (Wildman–Crippen LogP) is 3.26. The fourth-order valence-electron chi connectivity index (χ4n) is 2.12. The highest BCUT2D eigenvalue weighted by Crippen LogP contribution is 2.51. The number of aliphatic hydroxyl groups excluding tert-OH is 1. The average molecular weight is 248 g/mol. The van der Waals surface area contributed by atoms with E-state index in [-0.39, 0.29) is 5.56 Å². The van der Waals surface area contributed by atoms with Crippen LogP contribution in [-0.2, 0) is 11.6 Å². The summed E-state index contributed by atoms with van der Waals surface area (Å²) < 4.78 is 50.8. The zero-order chi connectivity index (χ0) is 12.8. The lowest BCUT2D eigenvalue weighted by atomic mass is 9.89. The van der Waals surface area contributed by atoms with E-state index >= 15 is 0 Å². The average Bonchev–Trinajstić information content (AvgIpc) is 2.95. The Hall–Kier alpha value is -1.10. The second-order valence-corrected chi connectivity index (χ2v) is 4.56. The molecule has 1 unspecified atom stereocenters. The van der Waals surface area contributed by atoms with Crippen LogP contribution in [0.2, 0.25) is 0 Å². The van der Waals surface area contributed by atoms with E-state index in [1.807, 2.05) is 0 Å². The van der Waals surface area contributed by atoms with E-state index in [4.69, 9.17) is 0 Å². The van der Waals surface area contributed by atoms with Gasteiger partial charge in [0.2, 0.25) is 0 Å². The van der Waals surface area contributed by atoms with E-state index in [0.717, 1.165) is 12.1 Å². The van der Waals surface area contributed by atoms with Gasteiger partial charge >= 0.3 is 6.18 Å². The maximum atomic E-state index is 13.2. The van der Waals surface area contributed by atoms with Gasteiger partial charge in [0.25, 0.3) is 0 Å². The van der Waals surface area contributed by atoms with Gasteiger partial charge in [-0.05, 0) is 43.5 Å². The summed E-state index contributed by atoms with van der Waals surface area (Å²) in [5, 5.41) is 9.58. The van der Waals surface area contributed by atoms with Gasteiger partial charge in [0.1, 0.15) is 5.82 Å². The van der Waals surface area contributed by atoms with Gasteiger partial charge in [-0.1, -0.05) is 0 Å². The van der Waals surface area contributed by atoms with Crippen LogP contribution in [0.1, 0.15) is 30.9 Å². The first kappa shape index (κ1) is 12.4. The minimum Gasteiger partial charge on any atom is -0.392 e. The standard InChI is InChI=1S/C12H12F4O/c1-7(17)11(2-3-11)8-4-9(12(14,15)16)6-10(13)5-8/h4-7,17H,2-3H2,1H3. The largest absolute Gasteiger partial charge is 0.416 e. The SMILES string of the molecule is CC(O)C1(c2cc(F)cc(C(F)(F)F)c2)CC1. The lowest BCUT2D eigenvalue weighted by molar-refractivity contribution is -0.137. The van der Waals surface area contributed by atoms with Crippen LogP contribution >= 0.6 is 0 Å². The Bertz CT molecular complexity index is 433. The highest BCUT2D eigenvalue weighted by molar-refractivity contribution is 5.37. The summed E-state index contributed by atoms with van der Waals surface area (Å²) in [6.45, 7) is 1.52. The zero-order valence-corrected chi connectivity index (χ0v) is 9.18. The molecule has 17 heavy (non-hydrogen) atoms. The molecular weight excluding hydrogens is 236 g/mol. The van der Waals surface area contributed by atoms with Gasteiger partial charge < -0.3 is 5.11 Å². The molecule has 1 fully saturated rings. The number of hydrogen-bond donors (Lipinski definition) is 1. The summed E-state index contributed by atoms with van der Waals surface area (Å²) in [6, 6.07) is 2.49. The zero-order valence-electron chi connectivity index (χ0n) is 9.18. The molecule has 1 aliphatic carbocycles. The smallest absolute Gasteiger partial charge is 0.392 e. The molecule has 5 heteroatoms. The van der Waals surface area contributed by atoms with Crippen LogP contribution in [0.3, 0.4) is 0 Å². The Morgan fingerprint density at radius 1 is 1.24 bits per heavy atom. The second kappa shape index (κ2) is 3.70. The molecule has 0 bridgehead atoms. The van der Waals surface area contributed by atoms with E-state index < -0.39 is 29.1 Å². The van der Waals surface area contributed by atoms with Crippen LogP contribution in [0.15, 0.2) is 18.2 Å². The summed E-state index contributed by atoms with van der Waals surface area (Å²) in [4.78, 5) is 0. The fourth-order valence-corrected chi connectivity index (χ4v) is 2.12. The molecule has 0 amide bonds. The maximum Gasteiger partial charge on any atom is 0.416 e. The molecule has 1 aromatic carbocycles. The molecule has 1 nitrogen and oxygen atoms in total. The molecule has 0 heterocycles. The van der Waals surface area contributed by atoms with Crippen molar-refractivity contribution in [2.45, 2.75) is 37.5 Å². The molecule has 0 saturated heterocycles. The van der Waals surface area contributed by atoms with E-state index in [0.29, 0.717) is 18.9 Å². The summed E-state index contributed by atoms with van der Waals surface area (Å²) in [5.74, 6) is -0.915. The Morgan fingerprint density at radius 3 is 2.24 bits per heavy atom. The third-order valence-corrected chi connectivity index (χ3v) is 3.39. The maximum absolute atomic E-state index is 13.2. The predicted molar refractivity (Wildman–Crippen MR) is 54.0 cm³/mol. The van der Waals surface area contributed by atoms with Gasteiger partial charge in [0, 0.05) is 5.41 Å². The molecule has 2 rings (SSSR count). The minimum atomic E-state index is -4.56. The van der Waals surface area contributed by atoms with Crippen LogP contribution in [0.25, 0.3) is 0 Å². The first-order valence-corrected chi connectivity index (χ1v) is 5.32. The Morgan fingerprint density at radius 2 is 1.82 bits per heavy atom. The summed E-state index contributed by atoms with van der Waals surface area (Å²) in [6.07, 6.45) is -4.16. The van der Waals surface area contributed by atoms with Crippen molar-refractivity contribution >= 4 is 0 Å². The van der Waals surface area contributed by atoms with E-state index in [2.05, 4.69) is 0 Å². The number of benzene rings is 1. The van der Waals surface area contributed by atoms with E-state index in [9.17, 15) is 22.7 Å². The van der Waals surface area contributed by atoms with Crippen LogP contribution in [0, 0.1) is 5.82 Å². The van der Waals surface area contributed by atoms with Crippen LogP contribution in [0.5, 0.6) is 0 Å². The highest BCUT2D eigenvalue weighted by Gasteiger charge is 2.49. The van der Waals surface area contributed by atoms with Crippen molar-refractivity contribution in [3.8, 4) is 0 Å². The normalized spacial score (nSPS) is 20.1. The van der Waals surface area contributed by atoms with Crippen LogP contribution in [0.4, 0.5) is 17.6 Å². The lowest BCUT2D eigenvalue weighted by Gasteiger charge is -2.20. The van der Waals surface area contributed by atoms with Crippen molar-refractivity contribution in [3.63, 3.8) is 0 Å². The fraction of sp³-hybridized carbons (Fsp3) is 0.500. The molecule has 0 radical (unpaired) electrons. The van der Waals surface area contributed by atoms with Crippen molar-refractivity contribution in [1.29, 1.82) is 0 Å². The van der Waals surface area contributed by atoms with E-state index in [1.54, 1.807) is 0 Å². The number of alkyl halides is 3. The molecule has 1 aromatic rings. The van der Waals surface area contributed by atoms with Crippen molar-refractivity contribution in [2.24, 2.45) is 0 Å². The first-order valence-electron chi connectivity index (χ1n) is 5.32. The second-order valence-electron chi connectivity index (χ2n) is 4.56. The molecule has 0 spiro atoms. The molecule has 1 aliphatic rings. The van der Waals surface area contributed by atoms with Crippen molar-refractivity contribution in [2.75, 3.05) is 0 Å². The van der Waals surface area contributed by atoms with Crippen LogP contribution < -0.4 is 0 Å². The van der Waals surface area contributed by atoms with Gasteiger partial charge in [0.15, 0.2) is 0 Å². The molecular formula is C12H12F4O. The molecule has 1 N–H and O–H groups in total. The molecule has 0 aromatic heterocycles. The lowest BCUT2D eigenvalue weighted by Crippen LogP contribution is -2.23. The van der Waals surface area contributed by atoms with Crippen LogP contribution in [-0.4, -0.2) is 11.2 Å². The Balaban J connectivity index is 2.47. The molecule has 94 valence electrons. The highest BCUT2D eigenvalue weighted by atomic mass is 19.4. The number of aliphatic hydroxyl groups is 1. The van der Waals surface area contributed by atoms with Gasteiger partial charge in [-0.3, -0.25) is 0 Å². The number of halogens is 4. The van der Waals surface area contributed by atoms with Gasteiger partial charge in [0.05, 0.1) is 11.7 Å². The molecule has 1 saturated carbocycles. The summed E-state index contributed by atoms with van der Waals surface area (Å²) in [5.41, 5.74) is -1.46. The third-order valence-electron chi connectivity index (χ3n) is 3.39. The third kappa shape index (κ3) is 2.16. The summed E-state index contributed by atoms with van der Waals surface area (Å²) in [7, 11) is 0. The quantitative estimate of drug-likeness (QED) is 0.796. The first-order chi connectivity index (χ1) is 7.75. The van der Waals surface area contributed by atoms with Gasteiger partial charge in [-0.2, -0.15) is 13.2 Å². The van der Waals surface area contributed by atoms with Crippen molar-refractivity contribution in [3.05, 3.63) is 35.1 Å². The summed E-state index contributed by atoms with van der Waals surface area (Å²) >= 11 is 0. The van der Waals surface area contributed by atoms with Gasteiger partial charge in [-0.15, -0.1) is 0 Å². The molecule has 1 atom stereocenters. The number of rotatable bonds is 2. The monoisotopic (exact) mass is 248 g/mol. The Labute approximate surface area is 96.1 Å². The topological polar surface area (TPSA) is 20.2 Å². The van der Waals surface area contributed by atoms with Crippen molar-refractivity contribution < 1.29 is 22.7 Å². The number of hydrogen-bond acceptors (Lipinski definition) is 1. The van der Waals surface area contributed by atoms with E-state index in [1.165, 1.54) is 6.92 Å². The molecule has 0 aliphatic heterocycles. The minimum absolute atomic E-state index is 0.236.